The molecule has 0 atom stereocenters. The van der Waals surface area contributed by atoms with Crippen LogP contribution in [0.2, 0.25) is 0 Å². The van der Waals surface area contributed by atoms with Crippen LogP contribution in [0.4, 0.5) is 0 Å². The van der Waals surface area contributed by atoms with Gasteiger partial charge in [-0.1, -0.05) is 0 Å². The van der Waals surface area contributed by atoms with Gasteiger partial charge in [-0.15, -0.1) is 0 Å². The molecular formula is C4H16BO3P. The zero-order valence-electron chi connectivity index (χ0n) is 6.42. The fraction of sp³-hybridized carbons (Fsp3) is 1.00. The van der Waals surface area contributed by atoms with Gasteiger partial charge in [-0.25, -0.2) is 0 Å². The van der Waals surface area contributed by atoms with Crippen molar-refractivity contribution in [1.82, 2.24) is 0 Å². The second kappa shape index (κ2) is 5.18. The number of hydrogen-bond donors (Lipinski definition) is 3. The topological polar surface area (TPSA) is 60.7 Å². The average molecular weight is 154 g/mol. The van der Waals surface area contributed by atoms with Crippen molar-refractivity contribution < 1.29 is 15.1 Å². The largest absolute Gasteiger partial charge is 0.631 e. The minimum absolute atomic E-state index is 0.611. The van der Waals surface area contributed by atoms with Gasteiger partial charge in [0.05, 0.1) is 0 Å². The maximum atomic E-state index is 7.17. The normalized spacial score (nSPS) is 11.4. The SMILES string of the molecule is C[PH](C)(C)C.OB(O)O. The molecule has 3 nitrogen and oxygen atoms in total. The molecule has 0 aromatic rings. The smallest absolute Gasteiger partial charge is 0.402 e. The fourth-order valence-electron chi connectivity index (χ4n) is 0. The molecule has 0 aliphatic rings. The fourth-order valence-corrected chi connectivity index (χ4v) is 0. The molecular weight excluding hydrogens is 138 g/mol. The van der Waals surface area contributed by atoms with E-state index >= 15 is 0 Å². The summed E-state index contributed by atoms with van der Waals surface area (Å²) in [6, 6.07) is 0. The van der Waals surface area contributed by atoms with Crippen LogP contribution >= 0.6 is 7.26 Å². The Labute approximate surface area is 57.2 Å². The molecule has 0 aromatic heterocycles. The molecule has 0 amide bonds. The van der Waals surface area contributed by atoms with Crippen molar-refractivity contribution in [3.05, 3.63) is 0 Å². The van der Waals surface area contributed by atoms with Gasteiger partial charge in [-0.3, -0.25) is 0 Å². The summed E-state index contributed by atoms with van der Waals surface area (Å²) in [5, 5.41) is 21.5. The summed E-state index contributed by atoms with van der Waals surface area (Å²) in [4.78, 5) is 0. The first-order valence-electron chi connectivity index (χ1n) is 2.77. The molecule has 0 fully saturated rings. The Morgan fingerprint density at radius 3 is 0.889 bits per heavy atom. The second-order valence-electron chi connectivity index (χ2n) is 3.35. The summed E-state index contributed by atoms with van der Waals surface area (Å²) in [5.41, 5.74) is 0. The molecule has 0 radical (unpaired) electrons. The molecule has 0 aromatic carbocycles. The first kappa shape index (κ1) is 12.1. The van der Waals surface area contributed by atoms with Crippen LogP contribution < -0.4 is 0 Å². The minimum atomic E-state index is -2.17. The Kier molecular flexibility index (Phi) is 6.96. The van der Waals surface area contributed by atoms with Gasteiger partial charge >= 0.3 is 41.2 Å². The van der Waals surface area contributed by atoms with E-state index in [1.54, 1.807) is 0 Å². The van der Waals surface area contributed by atoms with Gasteiger partial charge < -0.3 is 15.1 Å². The van der Waals surface area contributed by atoms with E-state index in [0.29, 0.717) is 0 Å². The van der Waals surface area contributed by atoms with Gasteiger partial charge in [-0.05, 0) is 0 Å². The van der Waals surface area contributed by atoms with E-state index in [2.05, 4.69) is 26.7 Å². The molecule has 58 valence electrons. The van der Waals surface area contributed by atoms with Crippen molar-refractivity contribution in [3.63, 3.8) is 0 Å². The van der Waals surface area contributed by atoms with Gasteiger partial charge in [0.15, 0.2) is 0 Å². The van der Waals surface area contributed by atoms with E-state index in [4.69, 9.17) is 15.1 Å². The quantitative estimate of drug-likeness (QED) is 0.316. The van der Waals surface area contributed by atoms with E-state index in [-0.39, 0.29) is 0 Å². The first-order valence-corrected chi connectivity index (χ1v) is 6.77. The van der Waals surface area contributed by atoms with E-state index in [0.717, 1.165) is 0 Å². The molecule has 0 saturated carbocycles. The Hall–Kier alpha value is 0.375. The Balaban J connectivity index is 0. The third kappa shape index (κ3) is 2420. The van der Waals surface area contributed by atoms with Gasteiger partial charge in [0.1, 0.15) is 0 Å². The van der Waals surface area contributed by atoms with Gasteiger partial charge in [0, 0.05) is 0 Å². The summed E-state index contributed by atoms with van der Waals surface area (Å²) >= 11 is 0. The summed E-state index contributed by atoms with van der Waals surface area (Å²) in [7, 11) is -2.78. The predicted molar refractivity (Wildman–Crippen MR) is 44.4 cm³/mol. The van der Waals surface area contributed by atoms with E-state index in [9.17, 15) is 0 Å². The molecule has 0 rings (SSSR count). The second-order valence-corrected chi connectivity index (χ2v) is 9.35. The van der Waals surface area contributed by atoms with E-state index < -0.39 is 14.6 Å². The molecule has 5 heteroatoms. The van der Waals surface area contributed by atoms with Crippen molar-refractivity contribution >= 4 is 14.6 Å². The van der Waals surface area contributed by atoms with Crippen molar-refractivity contribution in [2.24, 2.45) is 0 Å². The van der Waals surface area contributed by atoms with Gasteiger partial charge in [0.2, 0.25) is 0 Å². The van der Waals surface area contributed by atoms with Crippen LogP contribution in [0, 0.1) is 0 Å². The Bertz CT molecular complexity index is 52.6. The standard InChI is InChI=1S/C4H13P.BH3O3/c1-5(2,3)4;2-1(3)4/h5H,1-4H3;2-4H. The van der Waals surface area contributed by atoms with Crippen LogP contribution in [0.5, 0.6) is 0 Å². The zero-order chi connectivity index (χ0) is 8.08. The minimum Gasteiger partial charge on any atom is -0.402 e. The van der Waals surface area contributed by atoms with Crippen molar-refractivity contribution in [2.45, 2.75) is 0 Å². The number of hydrogen-bond acceptors (Lipinski definition) is 3. The predicted octanol–water partition coefficient (Wildman–Crippen LogP) is -0.796. The van der Waals surface area contributed by atoms with Gasteiger partial charge in [0.25, 0.3) is 0 Å². The van der Waals surface area contributed by atoms with E-state index in [1.807, 2.05) is 0 Å². The molecule has 0 saturated heterocycles. The van der Waals surface area contributed by atoms with Crippen LogP contribution in [0.3, 0.4) is 0 Å². The molecule has 9 heavy (non-hydrogen) atoms. The van der Waals surface area contributed by atoms with Crippen LogP contribution in [0.15, 0.2) is 0 Å². The monoisotopic (exact) mass is 154 g/mol. The third-order valence-corrected chi connectivity index (χ3v) is 0. The van der Waals surface area contributed by atoms with Crippen LogP contribution in [-0.4, -0.2) is 49.1 Å². The van der Waals surface area contributed by atoms with E-state index in [1.165, 1.54) is 0 Å². The zero-order valence-corrected chi connectivity index (χ0v) is 7.42. The summed E-state index contributed by atoms with van der Waals surface area (Å²) in [6.07, 6.45) is 0. The maximum absolute atomic E-state index is 7.17. The third-order valence-electron chi connectivity index (χ3n) is 0. The summed E-state index contributed by atoms with van der Waals surface area (Å²) < 4.78 is 0. The first-order chi connectivity index (χ1) is 3.73. The number of rotatable bonds is 0. The molecule has 0 spiro atoms. The van der Waals surface area contributed by atoms with Crippen LogP contribution in [0.1, 0.15) is 0 Å². The molecule has 0 bridgehead atoms. The molecule has 3 N–H and O–H groups in total. The maximum Gasteiger partial charge on any atom is 0.631 e. The van der Waals surface area contributed by atoms with Crippen molar-refractivity contribution in [1.29, 1.82) is 0 Å². The summed E-state index contributed by atoms with van der Waals surface area (Å²) in [5.74, 6) is 0. The molecule has 0 unspecified atom stereocenters. The van der Waals surface area contributed by atoms with Gasteiger partial charge in [-0.2, -0.15) is 0 Å². The van der Waals surface area contributed by atoms with Crippen molar-refractivity contribution in [2.75, 3.05) is 26.7 Å². The molecule has 0 aliphatic carbocycles. The van der Waals surface area contributed by atoms with Crippen molar-refractivity contribution in [3.8, 4) is 0 Å². The Morgan fingerprint density at radius 1 is 0.889 bits per heavy atom. The van der Waals surface area contributed by atoms with Crippen LogP contribution in [0.25, 0.3) is 0 Å². The van der Waals surface area contributed by atoms with Crippen LogP contribution in [-0.2, 0) is 0 Å². The molecule has 0 aliphatic heterocycles. The summed E-state index contributed by atoms with van der Waals surface area (Å²) in [6.45, 7) is 9.31. The molecule has 0 heterocycles. The average Bonchev–Trinajstić information content (AvgIpc) is 1.19. The Morgan fingerprint density at radius 2 is 0.889 bits per heavy atom.